The predicted octanol–water partition coefficient (Wildman–Crippen LogP) is 4.28. The van der Waals surface area contributed by atoms with E-state index < -0.39 is 5.44 Å². The van der Waals surface area contributed by atoms with Gasteiger partial charge in [-0.3, -0.25) is 0 Å². The van der Waals surface area contributed by atoms with E-state index in [2.05, 4.69) is 67.3 Å². The molecule has 18 heavy (non-hydrogen) atoms. The van der Waals surface area contributed by atoms with Crippen molar-refractivity contribution in [1.82, 2.24) is 5.32 Å². The van der Waals surface area contributed by atoms with Gasteiger partial charge in [0.15, 0.2) is 0 Å². The molecule has 104 valence electrons. The zero-order chi connectivity index (χ0) is 14.8. The van der Waals surface area contributed by atoms with Crippen LogP contribution in [0.15, 0.2) is 12.2 Å². The van der Waals surface area contributed by atoms with Crippen LogP contribution >= 0.6 is 0 Å². The fraction of sp³-hybridized carbons (Fsp3) is 0.875. The van der Waals surface area contributed by atoms with Crippen molar-refractivity contribution in [2.45, 2.75) is 79.2 Å². The van der Waals surface area contributed by atoms with Crippen molar-refractivity contribution in [3.8, 4) is 0 Å². The van der Waals surface area contributed by atoms with Crippen LogP contribution < -0.4 is 5.32 Å². The third kappa shape index (κ3) is 4.46. The topological polar surface area (TPSA) is 12.0 Å². The highest BCUT2D eigenvalue weighted by Gasteiger charge is 2.43. The second kappa shape index (κ2) is 5.82. The highest BCUT2D eigenvalue weighted by molar-refractivity contribution is 6.16. The standard InChI is InChI=1S/C16H32BN/c1-10-13(4)11-16(17,18-14(5,6)7)15(8,9)12(2)3/h12,18H,4,10-11H2,1-3,5-9H3. The summed E-state index contributed by atoms with van der Waals surface area (Å²) in [5, 5.41) is 3.64. The Morgan fingerprint density at radius 1 is 1.17 bits per heavy atom. The van der Waals surface area contributed by atoms with Crippen molar-refractivity contribution >= 4 is 7.85 Å². The van der Waals surface area contributed by atoms with Crippen LogP contribution in [0.1, 0.15) is 68.2 Å². The summed E-state index contributed by atoms with van der Waals surface area (Å²) in [6.07, 6.45) is 1.81. The number of hydrogen-bond acceptors (Lipinski definition) is 1. The molecule has 0 aromatic carbocycles. The average molecular weight is 249 g/mol. The Bertz CT molecular complexity index is 286. The lowest BCUT2D eigenvalue weighted by Gasteiger charge is -2.52. The maximum absolute atomic E-state index is 6.77. The zero-order valence-corrected chi connectivity index (χ0v) is 13.8. The molecule has 0 saturated heterocycles. The van der Waals surface area contributed by atoms with Gasteiger partial charge >= 0.3 is 0 Å². The quantitative estimate of drug-likeness (QED) is 0.547. The summed E-state index contributed by atoms with van der Waals surface area (Å²) in [7, 11) is 6.77. The average Bonchev–Trinajstić information content (AvgIpc) is 2.13. The first-order valence-electron chi connectivity index (χ1n) is 7.10. The van der Waals surface area contributed by atoms with Gasteiger partial charge < -0.3 is 5.32 Å². The molecule has 1 atom stereocenters. The molecule has 2 heteroatoms. The molecule has 0 spiro atoms. The summed E-state index contributed by atoms with van der Waals surface area (Å²) >= 11 is 0. The second-order valence-corrected chi connectivity index (χ2v) is 7.50. The summed E-state index contributed by atoms with van der Waals surface area (Å²) in [6, 6.07) is 0. The molecule has 0 bridgehead atoms. The molecule has 1 N–H and O–H groups in total. The monoisotopic (exact) mass is 249 g/mol. The molecule has 0 aromatic rings. The van der Waals surface area contributed by atoms with Crippen LogP contribution in [0.25, 0.3) is 0 Å². The van der Waals surface area contributed by atoms with E-state index in [9.17, 15) is 0 Å². The lowest BCUT2D eigenvalue weighted by atomic mass is 9.53. The molecule has 1 unspecified atom stereocenters. The molecule has 0 aliphatic carbocycles. The van der Waals surface area contributed by atoms with E-state index in [0.29, 0.717) is 5.92 Å². The lowest BCUT2D eigenvalue weighted by molar-refractivity contribution is 0.106. The molecule has 0 heterocycles. The van der Waals surface area contributed by atoms with Gasteiger partial charge in [0.2, 0.25) is 0 Å². The highest BCUT2D eigenvalue weighted by atomic mass is 15.0. The highest BCUT2D eigenvalue weighted by Crippen LogP contribution is 2.41. The van der Waals surface area contributed by atoms with E-state index in [1.807, 2.05) is 0 Å². The van der Waals surface area contributed by atoms with E-state index in [4.69, 9.17) is 7.85 Å². The van der Waals surface area contributed by atoms with Crippen LogP contribution in [0.2, 0.25) is 0 Å². The largest absolute Gasteiger partial charge is 0.314 e. The molecule has 0 amide bonds. The van der Waals surface area contributed by atoms with Crippen LogP contribution in [0.3, 0.4) is 0 Å². The maximum atomic E-state index is 6.77. The van der Waals surface area contributed by atoms with Gasteiger partial charge in [0.25, 0.3) is 0 Å². The van der Waals surface area contributed by atoms with Gasteiger partial charge in [0.1, 0.15) is 0 Å². The second-order valence-electron chi connectivity index (χ2n) is 7.50. The molecule has 0 rings (SSSR count). The Balaban J connectivity index is 5.34. The van der Waals surface area contributed by atoms with Crippen molar-refractivity contribution in [1.29, 1.82) is 0 Å². The Kier molecular flexibility index (Phi) is 5.74. The van der Waals surface area contributed by atoms with Crippen molar-refractivity contribution in [2.75, 3.05) is 0 Å². The minimum Gasteiger partial charge on any atom is -0.314 e. The fourth-order valence-electron chi connectivity index (χ4n) is 2.14. The summed E-state index contributed by atoms with van der Waals surface area (Å²) in [6.45, 7) is 21.8. The van der Waals surface area contributed by atoms with E-state index in [1.54, 1.807) is 0 Å². The third-order valence-electron chi connectivity index (χ3n) is 4.22. The van der Waals surface area contributed by atoms with Gasteiger partial charge in [-0.1, -0.05) is 46.8 Å². The Morgan fingerprint density at radius 2 is 1.61 bits per heavy atom. The van der Waals surface area contributed by atoms with E-state index in [0.717, 1.165) is 12.8 Å². The van der Waals surface area contributed by atoms with Gasteiger partial charge in [-0.25, -0.2) is 0 Å². The smallest absolute Gasteiger partial charge is 0.0966 e. The first kappa shape index (κ1) is 17.8. The Hall–Kier alpha value is -0.235. The fourth-order valence-corrected chi connectivity index (χ4v) is 2.14. The SMILES string of the molecule is [B]C(CC(=C)CC)(NC(C)(C)C)C(C)(C)C(C)C. The molecule has 0 fully saturated rings. The first-order chi connectivity index (χ1) is 7.85. The van der Waals surface area contributed by atoms with Crippen molar-refractivity contribution in [3.63, 3.8) is 0 Å². The molecule has 2 radical (unpaired) electrons. The van der Waals surface area contributed by atoms with E-state index in [-0.39, 0.29) is 11.0 Å². The minimum atomic E-state index is -0.424. The van der Waals surface area contributed by atoms with Crippen LogP contribution in [0.5, 0.6) is 0 Å². The third-order valence-corrected chi connectivity index (χ3v) is 4.22. The molecule has 0 aliphatic rings. The van der Waals surface area contributed by atoms with Gasteiger partial charge in [-0.15, -0.1) is 0 Å². The van der Waals surface area contributed by atoms with Crippen LogP contribution in [0, 0.1) is 11.3 Å². The van der Waals surface area contributed by atoms with Crippen molar-refractivity contribution in [2.24, 2.45) is 11.3 Å². The molecular weight excluding hydrogens is 217 g/mol. The number of nitrogens with one attached hydrogen (secondary N) is 1. The van der Waals surface area contributed by atoms with E-state index in [1.165, 1.54) is 5.57 Å². The summed E-state index contributed by atoms with van der Waals surface area (Å²) in [5.41, 5.74) is 0.780. The van der Waals surface area contributed by atoms with Crippen LogP contribution in [-0.4, -0.2) is 18.8 Å². The molecular formula is C16H32BN. The van der Waals surface area contributed by atoms with Gasteiger partial charge in [0.05, 0.1) is 7.85 Å². The first-order valence-corrected chi connectivity index (χ1v) is 7.10. The summed E-state index contributed by atoms with van der Waals surface area (Å²) in [4.78, 5) is 0. The van der Waals surface area contributed by atoms with Gasteiger partial charge in [-0.2, -0.15) is 0 Å². The maximum Gasteiger partial charge on any atom is 0.0966 e. The summed E-state index contributed by atoms with van der Waals surface area (Å²) < 4.78 is 0. The predicted molar refractivity (Wildman–Crippen MR) is 84.0 cm³/mol. The van der Waals surface area contributed by atoms with Crippen molar-refractivity contribution < 1.29 is 0 Å². The summed E-state index contributed by atoms with van der Waals surface area (Å²) in [5.74, 6) is 0.502. The van der Waals surface area contributed by atoms with Crippen LogP contribution in [-0.2, 0) is 0 Å². The van der Waals surface area contributed by atoms with Gasteiger partial charge in [0, 0.05) is 5.54 Å². The molecule has 0 aromatic heterocycles. The normalized spacial score (nSPS) is 16.7. The van der Waals surface area contributed by atoms with Gasteiger partial charge in [-0.05, 0) is 50.4 Å². The van der Waals surface area contributed by atoms with Crippen molar-refractivity contribution in [3.05, 3.63) is 12.2 Å². The number of rotatable bonds is 6. The van der Waals surface area contributed by atoms with Crippen LogP contribution in [0.4, 0.5) is 0 Å². The minimum absolute atomic E-state index is 0.00160. The van der Waals surface area contributed by atoms with E-state index >= 15 is 0 Å². The molecule has 0 saturated carbocycles. The Morgan fingerprint density at radius 3 is 1.89 bits per heavy atom. The lowest BCUT2D eigenvalue weighted by Crippen LogP contribution is -2.64. The Labute approximate surface area is 116 Å². The zero-order valence-electron chi connectivity index (χ0n) is 13.8. The molecule has 0 aliphatic heterocycles. The number of hydrogen-bond donors (Lipinski definition) is 1. The molecule has 1 nitrogen and oxygen atoms in total.